The van der Waals surface area contributed by atoms with Crippen LogP contribution in [0, 0.1) is 6.92 Å². The molecule has 1 aliphatic heterocycles. The normalized spacial score (nSPS) is 17.3. The van der Waals surface area contributed by atoms with Gasteiger partial charge in [-0.05, 0) is 42.7 Å². The number of pyridine rings is 1. The molecule has 10 heteroatoms. The molecular weight excluding hydrogens is 412 g/mol. The lowest BCUT2D eigenvalue weighted by atomic mass is 10.00. The average molecular weight is 431 g/mol. The average Bonchev–Trinajstić information content (AvgIpc) is 3.08. The van der Waals surface area contributed by atoms with Gasteiger partial charge in [-0.3, -0.25) is 9.78 Å². The summed E-state index contributed by atoms with van der Waals surface area (Å²) in [6, 6.07) is 2.98. The zero-order valence-corrected chi connectivity index (χ0v) is 15.9. The second kappa shape index (κ2) is 8.16. The van der Waals surface area contributed by atoms with Crippen molar-refractivity contribution >= 4 is 11.6 Å². The third-order valence-corrected chi connectivity index (χ3v) is 4.87. The molecule has 1 aliphatic rings. The predicted molar refractivity (Wildman–Crippen MR) is 97.9 cm³/mol. The van der Waals surface area contributed by atoms with Crippen LogP contribution in [-0.2, 0) is 23.6 Å². The van der Waals surface area contributed by atoms with Crippen molar-refractivity contribution in [2.75, 3.05) is 18.0 Å². The fraction of sp³-hybridized carbons (Fsp3) is 0.400. The Kier molecular flexibility index (Phi) is 5.96. The summed E-state index contributed by atoms with van der Waals surface area (Å²) in [6.45, 7) is 3.01. The quantitative estimate of drug-likeness (QED) is 0.732. The van der Waals surface area contributed by atoms with E-state index in [0.717, 1.165) is 11.3 Å². The fourth-order valence-electron chi connectivity index (χ4n) is 3.45. The Hall–Kier alpha value is -2.78. The minimum absolute atomic E-state index is 0.0463. The van der Waals surface area contributed by atoms with E-state index in [-0.39, 0.29) is 12.1 Å². The van der Waals surface area contributed by atoms with Crippen LogP contribution in [0.1, 0.15) is 28.7 Å². The molecule has 1 aromatic heterocycles. The molecule has 162 valence electrons. The number of aromatic nitrogens is 1. The van der Waals surface area contributed by atoms with E-state index in [4.69, 9.17) is 0 Å². The standard InChI is InChI=1S/C20H19F6N3O/c1-12-6-16(10-27-9-12)29-5-4-15(11-29)28-18(30)7-13-2-3-14(19(21,22)23)8-17(13)20(24,25)26/h2-3,6,8-10,15H,4-5,7,11H2,1H3,(H,28,30)/t15-/m1/s1. The maximum atomic E-state index is 13.2. The number of nitrogens with zero attached hydrogens (tertiary/aromatic N) is 2. The molecule has 1 fully saturated rings. The maximum absolute atomic E-state index is 13.2. The highest BCUT2D eigenvalue weighted by Gasteiger charge is 2.38. The summed E-state index contributed by atoms with van der Waals surface area (Å²) in [5.74, 6) is -0.672. The Morgan fingerprint density at radius 2 is 1.87 bits per heavy atom. The summed E-state index contributed by atoms with van der Waals surface area (Å²) in [4.78, 5) is 18.4. The molecule has 0 aliphatic carbocycles. The molecule has 0 radical (unpaired) electrons. The van der Waals surface area contributed by atoms with E-state index in [1.165, 1.54) is 0 Å². The summed E-state index contributed by atoms with van der Waals surface area (Å²) in [6.07, 6.45) is -6.57. The number of carbonyl (C=O) groups excluding carboxylic acids is 1. The van der Waals surface area contributed by atoms with Crippen LogP contribution in [0.4, 0.5) is 32.0 Å². The van der Waals surface area contributed by atoms with E-state index < -0.39 is 41.4 Å². The van der Waals surface area contributed by atoms with Crippen molar-refractivity contribution in [1.82, 2.24) is 10.3 Å². The molecule has 1 amide bonds. The van der Waals surface area contributed by atoms with Crippen LogP contribution in [0.3, 0.4) is 0 Å². The zero-order chi connectivity index (χ0) is 22.1. The van der Waals surface area contributed by atoms with Gasteiger partial charge < -0.3 is 10.2 Å². The van der Waals surface area contributed by atoms with Gasteiger partial charge in [-0.15, -0.1) is 0 Å². The first-order valence-electron chi connectivity index (χ1n) is 9.17. The number of nitrogens with one attached hydrogen (secondary N) is 1. The molecule has 2 heterocycles. The zero-order valence-electron chi connectivity index (χ0n) is 15.9. The van der Waals surface area contributed by atoms with E-state index >= 15 is 0 Å². The van der Waals surface area contributed by atoms with Gasteiger partial charge in [-0.2, -0.15) is 26.3 Å². The molecule has 0 unspecified atom stereocenters. The number of hydrogen-bond acceptors (Lipinski definition) is 3. The lowest BCUT2D eigenvalue weighted by molar-refractivity contribution is -0.143. The molecule has 0 bridgehead atoms. The van der Waals surface area contributed by atoms with Crippen molar-refractivity contribution in [3.05, 3.63) is 58.9 Å². The van der Waals surface area contributed by atoms with Gasteiger partial charge in [-0.25, -0.2) is 0 Å². The van der Waals surface area contributed by atoms with Crippen molar-refractivity contribution in [2.24, 2.45) is 0 Å². The topological polar surface area (TPSA) is 45.2 Å². The van der Waals surface area contributed by atoms with Gasteiger partial charge in [-0.1, -0.05) is 6.07 Å². The van der Waals surface area contributed by atoms with Gasteiger partial charge in [0.25, 0.3) is 0 Å². The Morgan fingerprint density at radius 1 is 1.13 bits per heavy atom. The summed E-state index contributed by atoms with van der Waals surface area (Å²) in [7, 11) is 0. The van der Waals surface area contributed by atoms with Crippen molar-refractivity contribution in [2.45, 2.75) is 38.2 Å². The molecule has 3 rings (SSSR count). The molecular formula is C20H19F6N3O. The van der Waals surface area contributed by atoms with Gasteiger partial charge >= 0.3 is 12.4 Å². The number of amides is 1. The van der Waals surface area contributed by atoms with Gasteiger partial charge in [0.15, 0.2) is 0 Å². The Labute approximate surface area is 168 Å². The minimum atomic E-state index is -5.00. The molecule has 4 nitrogen and oxygen atoms in total. The molecule has 1 atom stereocenters. The largest absolute Gasteiger partial charge is 0.416 e. The van der Waals surface area contributed by atoms with Gasteiger partial charge in [0.1, 0.15) is 0 Å². The number of carbonyl (C=O) groups is 1. The van der Waals surface area contributed by atoms with Crippen LogP contribution >= 0.6 is 0 Å². The maximum Gasteiger partial charge on any atom is 0.416 e. The Balaban J connectivity index is 1.68. The van der Waals surface area contributed by atoms with Crippen molar-refractivity contribution < 1.29 is 31.1 Å². The predicted octanol–water partition coefficient (Wildman–Crippen LogP) is 4.37. The second-order valence-corrected chi connectivity index (χ2v) is 7.26. The molecule has 1 saturated heterocycles. The van der Waals surface area contributed by atoms with Crippen LogP contribution in [0.15, 0.2) is 36.7 Å². The summed E-state index contributed by atoms with van der Waals surface area (Å²) in [5.41, 5.74) is -1.50. The van der Waals surface area contributed by atoms with Crippen LogP contribution in [0.5, 0.6) is 0 Å². The van der Waals surface area contributed by atoms with Crippen molar-refractivity contribution in [1.29, 1.82) is 0 Å². The van der Waals surface area contributed by atoms with Crippen LogP contribution < -0.4 is 10.2 Å². The lowest BCUT2D eigenvalue weighted by Gasteiger charge is -2.19. The van der Waals surface area contributed by atoms with Crippen LogP contribution in [0.2, 0.25) is 0 Å². The van der Waals surface area contributed by atoms with Gasteiger partial charge in [0.2, 0.25) is 5.91 Å². The summed E-state index contributed by atoms with van der Waals surface area (Å²) >= 11 is 0. The molecule has 30 heavy (non-hydrogen) atoms. The highest BCUT2D eigenvalue weighted by molar-refractivity contribution is 5.79. The number of alkyl halides is 6. The monoisotopic (exact) mass is 431 g/mol. The van der Waals surface area contributed by atoms with E-state index in [1.807, 2.05) is 17.9 Å². The van der Waals surface area contributed by atoms with E-state index in [9.17, 15) is 31.1 Å². The molecule has 1 aromatic carbocycles. The van der Waals surface area contributed by atoms with Gasteiger partial charge in [0.05, 0.1) is 29.4 Å². The summed E-state index contributed by atoms with van der Waals surface area (Å²) in [5, 5.41) is 2.67. The molecule has 2 aromatic rings. The van der Waals surface area contributed by atoms with E-state index in [2.05, 4.69) is 10.3 Å². The first-order valence-corrected chi connectivity index (χ1v) is 9.17. The van der Waals surface area contributed by atoms with E-state index in [0.29, 0.717) is 31.6 Å². The lowest BCUT2D eigenvalue weighted by Crippen LogP contribution is -2.38. The molecule has 1 N–H and O–H groups in total. The number of benzene rings is 1. The highest BCUT2D eigenvalue weighted by Crippen LogP contribution is 2.37. The smallest absolute Gasteiger partial charge is 0.368 e. The van der Waals surface area contributed by atoms with Crippen LogP contribution in [0.25, 0.3) is 0 Å². The van der Waals surface area contributed by atoms with Crippen molar-refractivity contribution in [3.63, 3.8) is 0 Å². The third kappa shape index (κ3) is 5.22. The fourth-order valence-corrected chi connectivity index (χ4v) is 3.45. The molecule has 0 spiro atoms. The number of aryl methyl sites for hydroxylation is 1. The van der Waals surface area contributed by atoms with Crippen molar-refractivity contribution in [3.8, 4) is 0 Å². The van der Waals surface area contributed by atoms with E-state index in [1.54, 1.807) is 12.4 Å². The number of anilines is 1. The Bertz CT molecular complexity index is 925. The molecule has 0 saturated carbocycles. The number of halogens is 6. The SMILES string of the molecule is Cc1cncc(N2CC[C@@H](NC(=O)Cc3ccc(C(F)(F)F)cc3C(F)(F)F)C2)c1. The highest BCUT2D eigenvalue weighted by atomic mass is 19.4. The number of hydrogen-bond donors (Lipinski definition) is 1. The third-order valence-electron chi connectivity index (χ3n) is 4.87. The van der Waals surface area contributed by atoms with Gasteiger partial charge in [0, 0.05) is 25.3 Å². The first kappa shape index (κ1) is 21.9. The van der Waals surface area contributed by atoms with Crippen LogP contribution in [-0.4, -0.2) is 30.0 Å². The summed E-state index contributed by atoms with van der Waals surface area (Å²) < 4.78 is 78.0. The Morgan fingerprint density at radius 3 is 2.50 bits per heavy atom. The first-order chi connectivity index (χ1) is 13.9. The second-order valence-electron chi connectivity index (χ2n) is 7.26. The minimum Gasteiger partial charge on any atom is -0.368 e. The number of rotatable bonds is 4.